The van der Waals surface area contributed by atoms with Gasteiger partial charge in [0.15, 0.2) is 11.5 Å². The summed E-state index contributed by atoms with van der Waals surface area (Å²) in [4.78, 5) is 14.7. The first kappa shape index (κ1) is 23.8. The van der Waals surface area contributed by atoms with Crippen molar-refractivity contribution in [1.29, 1.82) is 0 Å². The number of methoxy groups -OCH3 is 2. The second-order valence-corrected chi connectivity index (χ2v) is 7.70. The molecule has 0 spiro atoms. The standard InChI is InChI=1S/C24H28F3NO4/c1-4-5-9-23(29)28-11-10-16-12-21(30-2)22(31-3)14-19(16)20(28)15-32-18-8-6-7-17(13-18)24(25,26)27/h6-8,12-14,20H,4-5,9-11,15H2,1-3H3. The van der Waals surface area contributed by atoms with Gasteiger partial charge in [-0.2, -0.15) is 13.2 Å². The number of nitrogens with zero attached hydrogens (tertiary/aromatic N) is 1. The fourth-order valence-corrected chi connectivity index (χ4v) is 3.92. The van der Waals surface area contributed by atoms with E-state index in [1.165, 1.54) is 19.2 Å². The van der Waals surface area contributed by atoms with Gasteiger partial charge in [-0.3, -0.25) is 4.79 Å². The van der Waals surface area contributed by atoms with E-state index in [-0.39, 0.29) is 18.3 Å². The lowest BCUT2D eigenvalue weighted by molar-refractivity contribution is -0.137. The summed E-state index contributed by atoms with van der Waals surface area (Å²) >= 11 is 0. The Balaban J connectivity index is 1.92. The molecule has 0 aliphatic carbocycles. The van der Waals surface area contributed by atoms with Crippen molar-refractivity contribution < 1.29 is 32.2 Å². The molecule has 1 unspecified atom stereocenters. The van der Waals surface area contributed by atoms with Gasteiger partial charge in [-0.25, -0.2) is 0 Å². The summed E-state index contributed by atoms with van der Waals surface area (Å²) in [6.07, 6.45) is -1.72. The highest BCUT2D eigenvalue weighted by Gasteiger charge is 2.33. The van der Waals surface area contributed by atoms with Gasteiger partial charge in [-0.1, -0.05) is 19.4 Å². The molecule has 1 atom stereocenters. The lowest BCUT2D eigenvalue weighted by Gasteiger charge is -2.37. The lowest BCUT2D eigenvalue weighted by atomic mass is 9.91. The zero-order valence-electron chi connectivity index (χ0n) is 18.5. The van der Waals surface area contributed by atoms with Crippen LogP contribution in [-0.4, -0.2) is 38.2 Å². The van der Waals surface area contributed by atoms with Gasteiger partial charge in [0.1, 0.15) is 12.4 Å². The first-order valence-electron chi connectivity index (χ1n) is 10.6. The minimum Gasteiger partial charge on any atom is -0.493 e. The minimum absolute atomic E-state index is 0.00456. The van der Waals surface area contributed by atoms with Crippen molar-refractivity contribution in [2.75, 3.05) is 27.4 Å². The molecule has 1 heterocycles. The predicted octanol–water partition coefficient (Wildman–Crippen LogP) is 5.42. The number of rotatable bonds is 8. The largest absolute Gasteiger partial charge is 0.493 e. The Labute approximate surface area is 186 Å². The van der Waals surface area contributed by atoms with Crippen LogP contribution in [-0.2, 0) is 17.4 Å². The molecule has 2 aromatic rings. The molecule has 8 heteroatoms. The van der Waals surface area contributed by atoms with Crippen molar-refractivity contribution in [3.8, 4) is 17.2 Å². The SMILES string of the molecule is CCCCC(=O)N1CCc2cc(OC)c(OC)cc2C1COc1cccc(C(F)(F)F)c1. The average Bonchev–Trinajstić information content (AvgIpc) is 2.79. The predicted molar refractivity (Wildman–Crippen MR) is 114 cm³/mol. The number of alkyl halides is 3. The van der Waals surface area contributed by atoms with Crippen molar-refractivity contribution in [2.45, 2.75) is 44.8 Å². The van der Waals surface area contributed by atoms with Crippen molar-refractivity contribution in [1.82, 2.24) is 4.90 Å². The van der Waals surface area contributed by atoms with Gasteiger partial charge in [0.25, 0.3) is 0 Å². The van der Waals surface area contributed by atoms with Crippen molar-refractivity contribution >= 4 is 5.91 Å². The van der Waals surface area contributed by atoms with Crippen LogP contribution >= 0.6 is 0 Å². The average molecular weight is 451 g/mol. The monoisotopic (exact) mass is 451 g/mol. The van der Waals surface area contributed by atoms with Gasteiger partial charge in [0, 0.05) is 13.0 Å². The number of halogens is 3. The Kier molecular flexibility index (Phi) is 7.53. The Morgan fingerprint density at radius 1 is 1.12 bits per heavy atom. The lowest BCUT2D eigenvalue weighted by Crippen LogP contribution is -2.42. The van der Waals surface area contributed by atoms with Gasteiger partial charge >= 0.3 is 6.18 Å². The number of benzene rings is 2. The van der Waals surface area contributed by atoms with E-state index in [4.69, 9.17) is 14.2 Å². The van der Waals surface area contributed by atoms with Crippen LogP contribution in [0.5, 0.6) is 17.2 Å². The molecule has 1 amide bonds. The molecule has 0 aromatic heterocycles. The molecule has 0 saturated heterocycles. The summed E-state index contributed by atoms with van der Waals surface area (Å²) in [6, 6.07) is 8.04. The van der Waals surface area contributed by atoms with E-state index in [1.807, 2.05) is 19.1 Å². The molecule has 5 nitrogen and oxygen atoms in total. The molecule has 32 heavy (non-hydrogen) atoms. The van der Waals surface area contributed by atoms with Gasteiger partial charge < -0.3 is 19.1 Å². The van der Waals surface area contributed by atoms with Crippen molar-refractivity contribution in [2.24, 2.45) is 0 Å². The zero-order chi connectivity index (χ0) is 23.3. The van der Waals surface area contributed by atoms with E-state index in [0.717, 1.165) is 36.1 Å². The number of carbonyl (C=O) groups is 1. The van der Waals surface area contributed by atoms with E-state index < -0.39 is 17.8 Å². The molecule has 0 radical (unpaired) electrons. The third-order valence-corrected chi connectivity index (χ3v) is 5.64. The second kappa shape index (κ2) is 10.1. The normalized spacial score (nSPS) is 15.8. The van der Waals surface area contributed by atoms with Crippen LogP contribution in [0.1, 0.15) is 48.9 Å². The summed E-state index contributed by atoms with van der Waals surface area (Å²) in [6.45, 7) is 2.55. The van der Waals surface area contributed by atoms with Gasteiger partial charge in [0.05, 0.1) is 25.8 Å². The molecule has 0 N–H and O–H groups in total. The maximum atomic E-state index is 13.1. The second-order valence-electron chi connectivity index (χ2n) is 7.70. The summed E-state index contributed by atoms with van der Waals surface area (Å²) in [7, 11) is 3.09. The number of hydrogen-bond donors (Lipinski definition) is 0. The Morgan fingerprint density at radius 3 is 2.50 bits per heavy atom. The Morgan fingerprint density at radius 2 is 1.84 bits per heavy atom. The number of fused-ring (bicyclic) bond motifs is 1. The molecule has 1 aliphatic rings. The fourth-order valence-electron chi connectivity index (χ4n) is 3.92. The number of carbonyl (C=O) groups excluding carboxylic acids is 1. The van der Waals surface area contributed by atoms with Crippen LogP contribution in [0.15, 0.2) is 36.4 Å². The summed E-state index contributed by atoms with van der Waals surface area (Å²) in [5, 5.41) is 0. The summed E-state index contributed by atoms with van der Waals surface area (Å²) < 4.78 is 55.8. The molecule has 1 aliphatic heterocycles. The smallest absolute Gasteiger partial charge is 0.416 e. The van der Waals surface area contributed by atoms with Crippen LogP contribution in [0.4, 0.5) is 13.2 Å². The maximum absolute atomic E-state index is 13.1. The molecule has 174 valence electrons. The fraction of sp³-hybridized carbons (Fsp3) is 0.458. The van der Waals surface area contributed by atoms with Crippen LogP contribution in [0.25, 0.3) is 0 Å². The summed E-state index contributed by atoms with van der Waals surface area (Å²) in [5.41, 5.74) is 1.08. The zero-order valence-corrected chi connectivity index (χ0v) is 18.5. The van der Waals surface area contributed by atoms with E-state index >= 15 is 0 Å². The molecule has 2 aromatic carbocycles. The van der Waals surface area contributed by atoms with Gasteiger partial charge in [0.2, 0.25) is 5.91 Å². The highest BCUT2D eigenvalue weighted by Crippen LogP contribution is 2.39. The molecule has 0 fully saturated rings. The Bertz CT molecular complexity index is 945. The van der Waals surface area contributed by atoms with Crippen molar-refractivity contribution in [3.63, 3.8) is 0 Å². The van der Waals surface area contributed by atoms with Crippen LogP contribution < -0.4 is 14.2 Å². The van der Waals surface area contributed by atoms with E-state index in [0.29, 0.717) is 30.9 Å². The number of unbranched alkanes of at least 4 members (excludes halogenated alkanes) is 1. The third kappa shape index (κ3) is 5.29. The first-order chi connectivity index (χ1) is 15.3. The Hall–Kier alpha value is -2.90. The molecular formula is C24H28F3NO4. The minimum atomic E-state index is -4.46. The number of amides is 1. The van der Waals surface area contributed by atoms with E-state index in [1.54, 1.807) is 12.0 Å². The highest BCUT2D eigenvalue weighted by atomic mass is 19.4. The third-order valence-electron chi connectivity index (χ3n) is 5.64. The molecule has 0 saturated carbocycles. The number of hydrogen-bond acceptors (Lipinski definition) is 4. The molecular weight excluding hydrogens is 423 g/mol. The highest BCUT2D eigenvalue weighted by molar-refractivity contribution is 5.77. The van der Waals surface area contributed by atoms with Gasteiger partial charge in [-0.15, -0.1) is 0 Å². The van der Waals surface area contributed by atoms with Crippen LogP contribution in [0.3, 0.4) is 0 Å². The van der Waals surface area contributed by atoms with Crippen LogP contribution in [0, 0.1) is 0 Å². The van der Waals surface area contributed by atoms with Crippen molar-refractivity contribution in [3.05, 3.63) is 53.1 Å². The molecule has 0 bridgehead atoms. The maximum Gasteiger partial charge on any atom is 0.416 e. The van der Waals surface area contributed by atoms with E-state index in [9.17, 15) is 18.0 Å². The van der Waals surface area contributed by atoms with E-state index in [2.05, 4.69) is 0 Å². The number of ether oxygens (including phenoxy) is 3. The quantitative estimate of drug-likeness (QED) is 0.538. The molecule has 3 rings (SSSR count). The topological polar surface area (TPSA) is 48.0 Å². The van der Waals surface area contributed by atoms with Crippen LogP contribution in [0.2, 0.25) is 0 Å². The first-order valence-corrected chi connectivity index (χ1v) is 10.6. The van der Waals surface area contributed by atoms with Gasteiger partial charge in [-0.05, 0) is 54.3 Å². The summed E-state index contributed by atoms with van der Waals surface area (Å²) in [5.74, 6) is 1.23.